The van der Waals surface area contributed by atoms with E-state index in [-0.39, 0.29) is 16.7 Å². The smallest absolute Gasteiger partial charge is 0.262 e. The number of hydrogen-bond donors (Lipinski definition) is 1. The van der Waals surface area contributed by atoms with Gasteiger partial charge in [0.25, 0.3) is 11.8 Å². The lowest BCUT2D eigenvalue weighted by Gasteiger charge is -2.15. The highest BCUT2D eigenvalue weighted by atomic mass is 32.2. The molecule has 188 valence electrons. The van der Waals surface area contributed by atoms with Crippen LogP contribution in [0.5, 0.6) is 0 Å². The van der Waals surface area contributed by atoms with Gasteiger partial charge in [0.05, 0.1) is 4.90 Å². The number of nitrogens with one attached hydrogen (secondary N) is 1. The van der Waals surface area contributed by atoms with Crippen LogP contribution in [0.25, 0.3) is 6.08 Å². The molecule has 1 fully saturated rings. The van der Waals surface area contributed by atoms with Crippen LogP contribution in [0, 0.1) is 0 Å². The Kier molecular flexibility index (Phi) is 6.78. The molecular weight excluding hydrogens is 486 g/mol. The summed E-state index contributed by atoms with van der Waals surface area (Å²) in [4.78, 5) is 27.5. The number of nitrogens with zero attached hydrogens (tertiary/aromatic N) is 2. The summed E-state index contributed by atoms with van der Waals surface area (Å²) < 4.78 is 26.9. The number of carbonyl (C=O) groups is 2. The molecule has 2 amide bonds. The monoisotopic (exact) mass is 513 g/mol. The molecule has 0 saturated carbocycles. The number of hydrogen-bond acceptors (Lipinski definition) is 4. The molecule has 0 bridgehead atoms. The Labute approximate surface area is 216 Å². The molecule has 0 aromatic heterocycles. The summed E-state index contributed by atoms with van der Waals surface area (Å²) in [6.45, 7) is 2.97. The minimum atomic E-state index is -3.52. The second-order valence-corrected chi connectivity index (χ2v) is 11.0. The van der Waals surface area contributed by atoms with Crippen LogP contribution in [-0.4, -0.2) is 37.6 Å². The maximum atomic E-state index is 13.0. The van der Waals surface area contributed by atoms with Crippen molar-refractivity contribution < 1.29 is 18.0 Å². The van der Waals surface area contributed by atoms with Gasteiger partial charge in [0.2, 0.25) is 10.0 Å². The first-order valence-corrected chi connectivity index (χ1v) is 13.6. The van der Waals surface area contributed by atoms with Crippen LogP contribution < -0.4 is 10.2 Å². The molecule has 2 aliphatic rings. The quantitative estimate of drug-likeness (QED) is 0.467. The lowest BCUT2D eigenvalue weighted by Crippen LogP contribution is -2.27. The van der Waals surface area contributed by atoms with Crippen molar-refractivity contribution in [3.05, 3.63) is 107 Å². The second kappa shape index (κ2) is 10.2. The van der Waals surface area contributed by atoms with E-state index in [0.717, 1.165) is 29.7 Å². The number of carbonyl (C=O) groups excluding carboxylic acids is 2. The third kappa shape index (κ3) is 5.12. The van der Waals surface area contributed by atoms with Crippen LogP contribution in [-0.2, 0) is 14.8 Å². The third-order valence-corrected chi connectivity index (χ3v) is 8.44. The Balaban J connectivity index is 1.25. The van der Waals surface area contributed by atoms with E-state index in [1.807, 2.05) is 61.7 Å². The van der Waals surface area contributed by atoms with Crippen LogP contribution in [0.4, 0.5) is 11.4 Å². The van der Waals surface area contributed by atoms with Gasteiger partial charge in [-0.25, -0.2) is 8.42 Å². The molecule has 1 saturated heterocycles. The summed E-state index contributed by atoms with van der Waals surface area (Å²) in [5, 5.41) is 2.83. The maximum Gasteiger partial charge on any atom is 0.262 e. The molecule has 0 unspecified atom stereocenters. The lowest BCUT2D eigenvalue weighted by molar-refractivity contribution is -0.113. The van der Waals surface area contributed by atoms with E-state index in [9.17, 15) is 18.0 Å². The third-order valence-electron chi connectivity index (χ3n) is 6.53. The first kappa shape index (κ1) is 24.7. The summed E-state index contributed by atoms with van der Waals surface area (Å²) in [5.41, 5.74) is 4.10. The number of sulfonamides is 1. The van der Waals surface area contributed by atoms with Crippen molar-refractivity contribution >= 4 is 39.3 Å². The molecule has 0 atom stereocenters. The van der Waals surface area contributed by atoms with Gasteiger partial charge in [-0.3, -0.25) is 14.5 Å². The Bertz CT molecular complexity index is 1490. The van der Waals surface area contributed by atoms with E-state index in [4.69, 9.17) is 0 Å². The van der Waals surface area contributed by atoms with Gasteiger partial charge in [0, 0.05) is 41.8 Å². The molecular formula is C29H27N3O4S. The number of rotatable bonds is 6. The minimum Gasteiger partial charge on any atom is -0.322 e. The summed E-state index contributed by atoms with van der Waals surface area (Å²) in [6, 6.07) is 22.7. The van der Waals surface area contributed by atoms with Crippen molar-refractivity contribution in [2.24, 2.45) is 0 Å². The predicted molar refractivity (Wildman–Crippen MR) is 144 cm³/mol. The van der Waals surface area contributed by atoms with Crippen LogP contribution in [0.3, 0.4) is 0 Å². The van der Waals surface area contributed by atoms with Crippen molar-refractivity contribution in [1.82, 2.24) is 4.31 Å². The van der Waals surface area contributed by atoms with E-state index in [0.29, 0.717) is 29.9 Å². The number of anilines is 2. The normalized spacial score (nSPS) is 17.3. The standard InChI is InChI=1S/C29H27N3O4S/c1-21-20-32(25-7-3-2-4-8-25)29(34)27(21)19-22-9-13-24(14-10-22)30-28(33)23-11-15-26(16-12-23)37(35,36)31-17-5-6-18-31/h2-4,7-16,19-20H,5-6,17-18H2,1H3,(H,30,33)/b27-19-. The average Bonchev–Trinajstić information content (AvgIpc) is 3.56. The predicted octanol–water partition coefficient (Wildman–Crippen LogP) is 5.06. The summed E-state index contributed by atoms with van der Waals surface area (Å²) in [7, 11) is -3.52. The van der Waals surface area contributed by atoms with Crippen molar-refractivity contribution in [2.45, 2.75) is 24.7 Å². The topological polar surface area (TPSA) is 86.8 Å². The van der Waals surface area contributed by atoms with Crippen LogP contribution in [0.2, 0.25) is 0 Å². The Morgan fingerprint density at radius 1 is 0.892 bits per heavy atom. The molecule has 3 aromatic rings. The second-order valence-electron chi connectivity index (χ2n) is 9.09. The van der Waals surface area contributed by atoms with E-state index < -0.39 is 10.0 Å². The Hall–Kier alpha value is -4.01. The van der Waals surface area contributed by atoms with Crippen molar-refractivity contribution in [3.8, 4) is 0 Å². The Morgan fingerprint density at radius 2 is 1.54 bits per heavy atom. The molecule has 3 aromatic carbocycles. The zero-order valence-electron chi connectivity index (χ0n) is 20.4. The highest BCUT2D eigenvalue weighted by Crippen LogP contribution is 2.29. The van der Waals surface area contributed by atoms with Gasteiger partial charge < -0.3 is 5.32 Å². The molecule has 0 radical (unpaired) electrons. The van der Waals surface area contributed by atoms with Crippen molar-refractivity contribution in [1.29, 1.82) is 0 Å². The maximum absolute atomic E-state index is 13.0. The lowest BCUT2D eigenvalue weighted by atomic mass is 10.1. The van der Waals surface area contributed by atoms with Crippen molar-refractivity contribution in [3.63, 3.8) is 0 Å². The van der Waals surface area contributed by atoms with Gasteiger partial charge in [-0.15, -0.1) is 0 Å². The first-order chi connectivity index (χ1) is 17.8. The number of benzene rings is 3. The fourth-order valence-electron chi connectivity index (χ4n) is 4.46. The molecule has 37 heavy (non-hydrogen) atoms. The van der Waals surface area contributed by atoms with E-state index in [1.165, 1.54) is 28.6 Å². The Morgan fingerprint density at radius 3 is 2.19 bits per heavy atom. The van der Waals surface area contributed by atoms with Gasteiger partial charge >= 0.3 is 0 Å². The zero-order chi connectivity index (χ0) is 26.0. The first-order valence-electron chi connectivity index (χ1n) is 12.1. The fraction of sp³-hybridized carbons (Fsp3) is 0.172. The molecule has 2 aliphatic heterocycles. The van der Waals surface area contributed by atoms with E-state index in [2.05, 4.69) is 5.32 Å². The molecule has 8 heteroatoms. The molecule has 1 N–H and O–H groups in total. The van der Waals surface area contributed by atoms with E-state index in [1.54, 1.807) is 17.0 Å². The fourth-order valence-corrected chi connectivity index (χ4v) is 5.98. The molecule has 0 aliphatic carbocycles. The highest BCUT2D eigenvalue weighted by molar-refractivity contribution is 7.89. The average molecular weight is 514 g/mol. The van der Waals surface area contributed by atoms with Gasteiger partial charge in [-0.2, -0.15) is 4.31 Å². The van der Waals surface area contributed by atoms with Gasteiger partial charge in [-0.05, 0) is 85.5 Å². The summed E-state index contributed by atoms with van der Waals surface area (Å²) >= 11 is 0. The number of amides is 2. The highest BCUT2D eigenvalue weighted by Gasteiger charge is 2.28. The molecule has 7 nitrogen and oxygen atoms in total. The van der Waals surface area contributed by atoms with Gasteiger partial charge in [0.15, 0.2) is 0 Å². The van der Waals surface area contributed by atoms with Crippen LogP contribution in [0.15, 0.2) is 101 Å². The summed E-state index contributed by atoms with van der Waals surface area (Å²) in [5.74, 6) is -0.421. The summed E-state index contributed by atoms with van der Waals surface area (Å²) in [6.07, 6.45) is 5.41. The molecule has 5 rings (SSSR count). The van der Waals surface area contributed by atoms with Crippen LogP contribution in [0.1, 0.15) is 35.7 Å². The van der Waals surface area contributed by atoms with Crippen molar-refractivity contribution in [2.75, 3.05) is 23.3 Å². The molecule has 0 spiro atoms. The number of para-hydroxylation sites is 1. The van der Waals surface area contributed by atoms with Gasteiger partial charge in [-0.1, -0.05) is 30.3 Å². The molecule has 2 heterocycles. The minimum absolute atomic E-state index is 0.0868. The van der Waals surface area contributed by atoms with Crippen LogP contribution >= 0.6 is 0 Å². The van der Waals surface area contributed by atoms with Gasteiger partial charge in [0.1, 0.15) is 0 Å². The SMILES string of the molecule is CC1=CN(c2ccccc2)C(=O)/C1=C\c1ccc(NC(=O)c2ccc(S(=O)(=O)N3CCCC3)cc2)cc1. The van der Waals surface area contributed by atoms with E-state index >= 15 is 0 Å². The zero-order valence-corrected chi connectivity index (χ0v) is 21.2. The largest absolute Gasteiger partial charge is 0.322 e.